The molecule has 20 heavy (non-hydrogen) atoms. The number of nitrogens with one attached hydrogen (secondary N) is 1. The lowest BCUT2D eigenvalue weighted by Gasteiger charge is -2.32. The summed E-state index contributed by atoms with van der Waals surface area (Å²) in [5, 5.41) is 3.58. The van der Waals surface area contributed by atoms with Crippen molar-refractivity contribution >= 4 is 0 Å². The maximum absolute atomic E-state index is 5.95. The number of piperidine rings is 1. The van der Waals surface area contributed by atoms with Crippen molar-refractivity contribution in [3.05, 3.63) is 29.8 Å². The Hall–Kier alpha value is -1.06. The van der Waals surface area contributed by atoms with Crippen LogP contribution in [0, 0.1) is 0 Å². The molecular weight excluding hydrogens is 248 g/mol. The molecule has 0 aliphatic carbocycles. The minimum absolute atomic E-state index is 0.316. The fourth-order valence-electron chi connectivity index (χ4n) is 3.41. The fraction of sp³-hybridized carbons (Fsp3) is 0.647. The third kappa shape index (κ3) is 3.33. The Morgan fingerprint density at radius 1 is 1.30 bits per heavy atom. The highest BCUT2D eigenvalue weighted by Gasteiger charge is 2.22. The summed E-state index contributed by atoms with van der Waals surface area (Å²) in [6.45, 7) is 3.34. The topological polar surface area (TPSA) is 24.5 Å². The molecule has 110 valence electrons. The normalized spacial score (nSPS) is 26.2. The van der Waals surface area contributed by atoms with Crippen LogP contribution in [0.4, 0.5) is 0 Å². The van der Waals surface area contributed by atoms with Gasteiger partial charge in [-0.25, -0.2) is 0 Å². The summed E-state index contributed by atoms with van der Waals surface area (Å²) >= 11 is 0. The maximum atomic E-state index is 5.95. The Morgan fingerprint density at radius 2 is 2.20 bits per heavy atom. The van der Waals surface area contributed by atoms with Gasteiger partial charge in [0.1, 0.15) is 11.9 Å². The molecule has 1 fully saturated rings. The SMILES string of the molecule is CN1CCCCC1CCNCC1Cc2ccccc2O1. The predicted molar refractivity (Wildman–Crippen MR) is 82.3 cm³/mol. The second-order valence-corrected chi connectivity index (χ2v) is 6.17. The molecule has 1 aromatic rings. The van der Waals surface area contributed by atoms with Crippen LogP contribution in [0.15, 0.2) is 24.3 Å². The van der Waals surface area contributed by atoms with Crippen LogP contribution in [-0.2, 0) is 6.42 Å². The first-order valence-corrected chi connectivity index (χ1v) is 7.98. The van der Waals surface area contributed by atoms with Gasteiger partial charge in [0.05, 0.1) is 0 Å². The van der Waals surface area contributed by atoms with E-state index in [4.69, 9.17) is 4.74 Å². The van der Waals surface area contributed by atoms with Crippen molar-refractivity contribution in [2.75, 3.05) is 26.7 Å². The summed E-state index contributed by atoms with van der Waals surface area (Å²) in [5.41, 5.74) is 1.35. The van der Waals surface area contributed by atoms with E-state index in [-0.39, 0.29) is 0 Å². The Balaban J connectivity index is 1.35. The van der Waals surface area contributed by atoms with Crippen molar-refractivity contribution in [1.82, 2.24) is 10.2 Å². The van der Waals surface area contributed by atoms with Crippen LogP contribution in [0.25, 0.3) is 0 Å². The van der Waals surface area contributed by atoms with E-state index in [2.05, 4.69) is 35.5 Å². The first-order valence-electron chi connectivity index (χ1n) is 7.98. The highest BCUT2D eigenvalue weighted by Crippen LogP contribution is 2.27. The highest BCUT2D eigenvalue weighted by molar-refractivity contribution is 5.37. The molecule has 2 unspecified atom stereocenters. The van der Waals surface area contributed by atoms with Gasteiger partial charge in [0.2, 0.25) is 0 Å². The van der Waals surface area contributed by atoms with E-state index in [9.17, 15) is 0 Å². The van der Waals surface area contributed by atoms with Gasteiger partial charge in [-0.15, -0.1) is 0 Å². The van der Waals surface area contributed by atoms with Crippen LogP contribution in [0.3, 0.4) is 0 Å². The van der Waals surface area contributed by atoms with Crippen molar-refractivity contribution in [2.45, 2.75) is 44.2 Å². The molecule has 0 aromatic heterocycles. The van der Waals surface area contributed by atoms with E-state index < -0.39 is 0 Å². The number of nitrogens with zero attached hydrogens (tertiary/aromatic N) is 1. The second-order valence-electron chi connectivity index (χ2n) is 6.17. The number of para-hydroxylation sites is 1. The van der Waals surface area contributed by atoms with Gasteiger partial charge in [0.25, 0.3) is 0 Å². The fourth-order valence-corrected chi connectivity index (χ4v) is 3.41. The molecule has 0 spiro atoms. The summed E-state index contributed by atoms with van der Waals surface area (Å²) in [4.78, 5) is 2.52. The molecule has 1 aromatic carbocycles. The Bertz CT molecular complexity index is 410. The van der Waals surface area contributed by atoms with E-state index in [1.165, 1.54) is 37.8 Å². The minimum Gasteiger partial charge on any atom is -0.488 e. The molecular formula is C17H26N2O. The third-order valence-corrected chi connectivity index (χ3v) is 4.66. The second kappa shape index (κ2) is 6.59. The lowest BCUT2D eigenvalue weighted by atomic mass is 10.0. The summed E-state index contributed by atoms with van der Waals surface area (Å²) in [5.74, 6) is 1.08. The molecule has 3 nitrogen and oxygen atoms in total. The van der Waals surface area contributed by atoms with Crippen molar-refractivity contribution in [3.63, 3.8) is 0 Å². The van der Waals surface area contributed by atoms with Crippen LogP contribution >= 0.6 is 0 Å². The van der Waals surface area contributed by atoms with Gasteiger partial charge in [0.15, 0.2) is 0 Å². The van der Waals surface area contributed by atoms with Crippen LogP contribution in [0.1, 0.15) is 31.2 Å². The number of hydrogen-bond acceptors (Lipinski definition) is 3. The molecule has 0 amide bonds. The summed E-state index contributed by atoms with van der Waals surface area (Å²) in [7, 11) is 2.26. The van der Waals surface area contributed by atoms with Gasteiger partial charge in [-0.3, -0.25) is 0 Å². The van der Waals surface area contributed by atoms with Gasteiger partial charge in [0, 0.05) is 19.0 Å². The maximum Gasteiger partial charge on any atom is 0.123 e. The zero-order chi connectivity index (χ0) is 13.8. The molecule has 3 heteroatoms. The number of fused-ring (bicyclic) bond motifs is 1. The largest absolute Gasteiger partial charge is 0.488 e. The Labute approximate surface area is 122 Å². The van der Waals surface area contributed by atoms with E-state index >= 15 is 0 Å². The quantitative estimate of drug-likeness (QED) is 0.835. The molecule has 0 radical (unpaired) electrons. The molecule has 1 N–H and O–H groups in total. The van der Waals surface area contributed by atoms with Crippen LogP contribution in [0.5, 0.6) is 5.75 Å². The zero-order valence-corrected chi connectivity index (χ0v) is 12.5. The number of likely N-dealkylation sites (tertiary alicyclic amines) is 1. The van der Waals surface area contributed by atoms with Crippen molar-refractivity contribution in [2.24, 2.45) is 0 Å². The highest BCUT2D eigenvalue weighted by atomic mass is 16.5. The first kappa shape index (κ1) is 13.9. The number of benzene rings is 1. The summed E-state index contributed by atoms with van der Waals surface area (Å²) < 4.78 is 5.95. The van der Waals surface area contributed by atoms with Crippen molar-refractivity contribution in [3.8, 4) is 5.75 Å². The third-order valence-electron chi connectivity index (χ3n) is 4.66. The van der Waals surface area contributed by atoms with Gasteiger partial charge in [-0.2, -0.15) is 0 Å². The predicted octanol–water partition coefficient (Wildman–Crippen LogP) is 2.45. The van der Waals surface area contributed by atoms with E-state index in [1.54, 1.807) is 0 Å². The Morgan fingerprint density at radius 3 is 3.05 bits per heavy atom. The standard InChI is InChI=1S/C17H26N2O/c1-19-11-5-4-7-15(19)9-10-18-13-16-12-14-6-2-3-8-17(14)20-16/h2-3,6,8,15-16,18H,4-5,7,9-13H2,1H3. The van der Waals surface area contributed by atoms with E-state index in [0.29, 0.717) is 6.10 Å². The molecule has 0 bridgehead atoms. The molecule has 3 rings (SSSR count). The first-order chi connectivity index (χ1) is 9.83. The van der Waals surface area contributed by atoms with Crippen LogP contribution in [-0.4, -0.2) is 43.7 Å². The smallest absolute Gasteiger partial charge is 0.123 e. The monoisotopic (exact) mass is 274 g/mol. The van der Waals surface area contributed by atoms with Gasteiger partial charge in [-0.05, 0) is 51.0 Å². The van der Waals surface area contributed by atoms with Crippen LogP contribution < -0.4 is 10.1 Å². The molecule has 2 heterocycles. The molecule has 2 aliphatic heterocycles. The molecule has 2 atom stereocenters. The molecule has 0 saturated carbocycles. The van der Waals surface area contributed by atoms with Gasteiger partial charge < -0.3 is 15.0 Å². The van der Waals surface area contributed by atoms with Crippen molar-refractivity contribution in [1.29, 1.82) is 0 Å². The van der Waals surface area contributed by atoms with E-state index in [0.717, 1.165) is 31.3 Å². The van der Waals surface area contributed by atoms with Gasteiger partial charge >= 0.3 is 0 Å². The Kier molecular flexibility index (Phi) is 4.58. The number of hydrogen-bond donors (Lipinski definition) is 1. The lowest BCUT2D eigenvalue weighted by Crippen LogP contribution is -2.39. The number of rotatable bonds is 5. The number of ether oxygens (including phenoxy) is 1. The molecule has 2 aliphatic rings. The lowest BCUT2D eigenvalue weighted by molar-refractivity contribution is 0.172. The van der Waals surface area contributed by atoms with Gasteiger partial charge in [-0.1, -0.05) is 24.6 Å². The summed E-state index contributed by atoms with van der Waals surface area (Å²) in [6, 6.07) is 9.17. The van der Waals surface area contributed by atoms with Crippen molar-refractivity contribution < 1.29 is 4.74 Å². The van der Waals surface area contributed by atoms with Crippen LogP contribution in [0.2, 0.25) is 0 Å². The minimum atomic E-state index is 0.316. The average molecular weight is 274 g/mol. The zero-order valence-electron chi connectivity index (χ0n) is 12.5. The summed E-state index contributed by atoms with van der Waals surface area (Å²) in [6.07, 6.45) is 6.76. The average Bonchev–Trinajstić information content (AvgIpc) is 2.88. The molecule has 1 saturated heterocycles. The van der Waals surface area contributed by atoms with E-state index in [1.807, 2.05) is 6.07 Å².